The number of rotatable bonds is 9. The van der Waals surface area contributed by atoms with Crippen molar-refractivity contribution in [3.05, 3.63) is 330 Å². The molecular weight excluding hydrogens is 831 g/mol. The van der Waals surface area contributed by atoms with Gasteiger partial charge in [-0.3, -0.25) is 0 Å². The van der Waals surface area contributed by atoms with E-state index < -0.39 is 10.8 Å². The summed E-state index contributed by atoms with van der Waals surface area (Å²) in [7, 11) is 0. The molecule has 0 amide bonds. The van der Waals surface area contributed by atoms with E-state index in [0.29, 0.717) is 0 Å². The Kier molecular flexibility index (Phi) is 9.70. The fourth-order valence-electron chi connectivity index (χ4n) is 12.1. The van der Waals surface area contributed by atoms with Crippen molar-refractivity contribution in [1.82, 2.24) is 0 Å². The minimum Gasteiger partial charge on any atom is -0.310 e. The molecule has 2 aliphatic carbocycles. The maximum Gasteiger partial charge on any atom is 0.0734 e. The summed E-state index contributed by atoms with van der Waals surface area (Å²) >= 11 is 0. The molecule has 0 radical (unpaired) electrons. The fourth-order valence-corrected chi connectivity index (χ4v) is 12.1. The van der Waals surface area contributed by atoms with E-state index in [1.54, 1.807) is 0 Å². The van der Waals surface area contributed by atoms with E-state index in [1.165, 1.54) is 83.5 Å². The highest BCUT2D eigenvalue weighted by atomic mass is 15.1. The molecule has 0 spiro atoms. The normalized spacial score (nSPS) is 13.4. The van der Waals surface area contributed by atoms with E-state index in [9.17, 15) is 0 Å². The SMILES string of the molecule is c1ccc(-c2ccccc2-c2cccc(N(c3ccc(C4(c5ccccc5)c5ccccc5-c5ccccc54)cc3)c3cccc4c3C(c3ccccc3)(c3ccccc3)c3ccccc3-4)c2)cc1. The van der Waals surface area contributed by atoms with Gasteiger partial charge in [-0.05, 0) is 114 Å². The van der Waals surface area contributed by atoms with Gasteiger partial charge in [-0.25, -0.2) is 0 Å². The molecule has 324 valence electrons. The van der Waals surface area contributed by atoms with E-state index in [2.05, 4.69) is 290 Å². The van der Waals surface area contributed by atoms with Crippen LogP contribution >= 0.6 is 0 Å². The molecule has 0 unspecified atom stereocenters. The lowest BCUT2D eigenvalue weighted by molar-refractivity contribution is 0.766. The van der Waals surface area contributed by atoms with Crippen molar-refractivity contribution in [3.8, 4) is 44.5 Å². The van der Waals surface area contributed by atoms with Gasteiger partial charge in [0.1, 0.15) is 0 Å². The second-order valence-electron chi connectivity index (χ2n) is 18.3. The number of hydrogen-bond acceptors (Lipinski definition) is 1. The first-order valence-electron chi connectivity index (χ1n) is 24.0. The molecule has 0 saturated carbocycles. The Hall–Kier alpha value is -8.78. The van der Waals surface area contributed by atoms with Crippen molar-refractivity contribution in [2.75, 3.05) is 4.90 Å². The maximum absolute atomic E-state index is 2.52. The van der Waals surface area contributed by atoms with Crippen molar-refractivity contribution in [1.29, 1.82) is 0 Å². The van der Waals surface area contributed by atoms with Crippen molar-refractivity contribution in [3.63, 3.8) is 0 Å². The molecule has 2 aliphatic rings. The predicted molar refractivity (Wildman–Crippen MR) is 287 cm³/mol. The Labute approximate surface area is 404 Å². The molecule has 0 atom stereocenters. The van der Waals surface area contributed by atoms with Crippen LogP contribution in [-0.2, 0) is 10.8 Å². The van der Waals surface area contributed by atoms with Crippen molar-refractivity contribution in [2.24, 2.45) is 0 Å². The first-order valence-corrected chi connectivity index (χ1v) is 24.0. The molecule has 11 aromatic carbocycles. The van der Waals surface area contributed by atoms with Crippen LogP contribution in [-0.4, -0.2) is 0 Å². The highest BCUT2D eigenvalue weighted by molar-refractivity contribution is 5.95. The van der Waals surface area contributed by atoms with Crippen LogP contribution < -0.4 is 4.90 Å². The van der Waals surface area contributed by atoms with Crippen LogP contribution in [0.25, 0.3) is 44.5 Å². The Bertz CT molecular complexity index is 3570. The van der Waals surface area contributed by atoms with Crippen LogP contribution in [0.1, 0.15) is 44.5 Å². The van der Waals surface area contributed by atoms with E-state index in [1.807, 2.05) is 0 Å². The topological polar surface area (TPSA) is 3.24 Å². The van der Waals surface area contributed by atoms with Crippen LogP contribution in [0, 0.1) is 0 Å². The van der Waals surface area contributed by atoms with E-state index in [-0.39, 0.29) is 0 Å². The zero-order valence-corrected chi connectivity index (χ0v) is 38.1. The molecule has 0 aromatic heterocycles. The third-order valence-electron chi connectivity index (χ3n) is 14.8. The van der Waals surface area contributed by atoms with Gasteiger partial charge in [0.05, 0.1) is 16.5 Å². The van der Waals surface area contributed by atoms with Crippen molar-refractivity contribution < 1.29 is 0 Å². The third kappa shape index (κ3) is 6.17. The lowest BCUT2D eigenvalue weighted by Crippen LogP contribution is -2.30. The lowest BCUT2D eigenvalue weighted by atomic mass is 9.67. The van der Waals surface area contributed by atoms with Gasteiger partial charge in [0, 0.05) is 16.9 Å². The summed E-state index contributed by atoms with van der Waals surface area (Å²) in [6, 6.07) is 106. The summed E-state index contributed by atoms with van der Waals surface area (Å²) in [4.78, 5) is 2.52. The maximum atomic E-state index is 2.52. The molecule has 1 heteroatoms. The van der Waals surface area contributed by atoms with Gasteiger partial charge in [0.25, 0.3) is 0 Å². The Morgan fingerprint density at radius 1 is 0.232 bits per heavy atom. The first kappa shape index (κ1) is 40.5. The van der Waals surface area contributed by atoms with Crippen molar-refractivity contribution in [2.45, 2.75) is 10.8 Å². The van der Waals surface area contributed by atoms with Gasteiger partial charge in [-0.15, -0.1) is 0 Å². The quantitative estimate of drug-likeness (QED) is 0.140. The minimum atomic E-state index is -0.616. The van der Waals surface area contributed by atoms with E-state index in [4.69, 9.17) is 0 Å². The number of benzene rings is 11. The minimum absolute atomic E-state index is 0.510. The zero-order chi connectivity index (χ0) is 45.8. The molecule has 0 bridgehead atoms. The molecule has 13 rings (SSSR count). The average Bonchev–Trinajstić information content (AvgIpc) is 3.92. The number of hydrogen-bond donors (Lipinski definition) is 0. The second-order valence-corrected chi connectivity index (χ2v) is 18.3. The second kappa shape index (κ2) is 16.5. The monoisotopic (exact) mass is 877 g/mol. The van der Waals surface area contributed by atoms with Crippen LogP contribution in [0.5, 0.6) is 0 Å². The summed E-state index contributed by atoms with van der Waals surface area (Å²) in [5.41, 5.74) is 22.1. The largest absolute Gasteiger partial charge is 0.310 e. The summed E-state index contributed by atoms with van der Waals surface area (Å²) in [6.45, 7) is 0. The molecule has 0 heterocycles. The highest BCUT2D eigenvalue weighted by Crippen LogP contribution is 2.61. The molecule has 0 aliphatic heterocycles. The Morgan fingerprint density at radius 3 is 1.16 bits per heavy atom. The molecule has 69 heavy (non-hydrogen) atoms. The number of fused-ring (bicyclic) bond motifs is 6. The molecule has 1 nitrogen and oxygen atoms in total. The van der Waals surface area contributed by atoms with Gasteiger partial charge >= 0.3 is 0 Å². The van der Waals surface area contributed by atoms with Crippen LogP contribution in [0.15, 0.2) is 285 Å². The number of nitrogens with zero attached hydrogens (tertiary/aromatic N) is 1. The van der Waals surface area contributed by atoms with Gasteiger partial charge in [-0.1, -0.05) is 255 Å². The van der Waals surface area contributed by atoms with Gasteiger partial charge in [-0.2, -0.15) is 0 Å². The van der Waals surface area contributed by atoms with Gasteiger partial charge in [0.2, 0.25) is 0 Å². The predicted octanol–water partition coefficient (Wildman–Crippen LogP) is 17.2. The van der Waals surface area contributed by atoms with Crippen LogP contribution in [0.4, 0.5) is 17.1 Å². The zero-order valence-electron chi connectivity index (χ0n) is 38.1. The van der Waals surface area contributed by atoms with Crippen LogP contribution in [0.2, 0.25) is 0 Å². The molecule has 0 fully saturated rings. The molecule has 0 saturated heterocycles. The third-order valence-corrected chi connectivity index (χ3v) is 14.8. The fraction of sp³-hybridized carbons (Fsp3) is 0.0294. The summed E-state index contributed by atoms with van der Waals surface area (Å²) in [6.07, 6.45) is 0. The first-order chi connectivity index (χ1) is 34.3. The molecular formula is C68H47N. The summed E-state index contributed by atoms with van der Waals surface area (Å²) in [5.74, 6) is 0. The van der Waals surface area contributed by atoms with Gasteiger partial charge in [0.15, 0.2) is 0 Å². The summed E-state index contributed by atoms with van der Waals surface area (Å²) in [5, 5.41) is 0. The van der Waals surface area contributed by atoms with E-state index in [0.717, 1.165) is 22.6 Å². The van der Waals surface area contributed by atoms with E-state index >= 15 is 0 Å². The highest BCUT2D eigenvalue weighted by Gasteiger charge is 2.49. The standard InChI is InChI=1S/C68H47N/c1-5-23-48(24-6-1)56-33-13-14-34-57(56)49-25-21-32-55(47-49)69(54-45-43-53(44-46-54)67(50-26-7-2-8-27-50)62-39-18-15-35-58(62)59-36-16-19-40-63(59)67)65-42-22-38-61-60-37-17-20-41-64(60)68(66(61)65,51-28-9-3-10-29-51)52-30-11-4-12-31-52/h1-47H. The van der Waals surface area contributed by atoms with Gasteiger partial charge < -0.3 is 4.90 Å². The lowest BCUT2D eigenvalue weighted by Gasteiger charge is -2.38. The average molecular weight is 878 g/mol. The number of anilines is 3. The van der Waals surface area contributed by atoms with Crippen LogP contribution in [0.3, 0.4) is 0 Å². The Balaban J connectivity index is 1.08. The smallest absolute Gasteiger partial charge is 0.0734 e. The molecule has 0 N–H and O–H groups in total. The summed E-state index contributed by atoms with van der Waals surface area (Å²) < 4.78 is 0. The van der Waals surface area contributed by atoms with Crippen molar-refractivity contribution >= 4 is 17.1 Å². The Morgan fingerprint density at radius 2 is 0.609 bits per heavy atom. The molecule has 11 aromatic rings.